The molecule has 0 atom stereocenters. The third-order valence-electron chi connectivity index (χ3n) is 6.02. The van der Waals surface area contributed by atoms with E-state index in [0.29, 0.717) is 6.61 Å². The van der Waals surface area contributed by atoms with Crippen molar-refractivity contribution in [2.45, 2.75) is 45.7 Å². The third kappa shape index (κ3) is 4.96. The number of nitrogens with zero attached hydrogens (tertiary/aromatic N) is 3. The number of fused-ring (bicyclic) bond motifs is 2. The van der Waals surface area contributed by atoms with E-state index in [1.807, 2.05) is 37.1 Å². The van der Waals surface area contributed by atoms with E-state index in [4.69, 9.17) is 4.74 Å². The molecule has 2 aromatic rings. The second kappa shape index (κ2) is 8.54. The molecule has 2 heterocycles. The lowest BCUT2D eigenvalue weighted by Crippen LogP contribution is -2.38. The van der Waals surface area contributed by atoms with Crippen LogP contribution in [-0.4, -0.2) is 47.4 Å². The number of aryl methyl sites for hydroxylation is 1. The summed E-state index contributed by atoms with van der Waals surface area (Å²) in [6, 6.07) is 14.5. The first-order chi connectivity index (χ1) is 14.0. The number of pyridine rings is 1. The molecule has 1 aliphatic heterocycles. The number of ether oxygens (including phenoxy) is 1. The molecule has 5 heteroatoms. The van der Waals surface area contributed by atoms with Crippen molar-refractivity contribution in [1.29, 1.82) is 0 Å². The van der Waals surface area contributed by atoms with Crippen LogP contribution in [0.1, 0.15) is 42.6 Å². The van der Waals surface area contributed by atoms with Crippen molar-refractivity contribution < 1.29 is 9.53 Å². The molecule has 1 aromatic carbocycles. The monoisotopic (exact) mass is 393 g/mol. The van der Waals surface area contributed by atoms with Gasteiger partial charge < -0.3 is 9.64 Å². The third-order valence-corrected chi connectivity index (χ3v) is 6.02. The van der Waals surface area contributed by atoms with Gasteiger partial charge >= 0.3 is 0 Å². The van der Waals surface area contributed by atoms with Gasteiger partial charge in [-0.3, -0.25) is 14.7 Å². The van der Waals surface area contributed by atoms with Gasteiger partial charge in [0.25, 0.3) is 0 Å². The van der Waals surface area contributed by atoms with E-state index < -0.39 is 0 Å². The van der Waals surface area contributed by atoms with Crippen molar-refractivity contribution in [2.75, 3.05) is 26.7 Å². The standard InChI is InChI=1S/C24H31N3O2/c1-19-7-5-9-21(25-19)17-27-14-4-3-13-26(2)23(28)24(11-12-24)18-29-22-10-6-8-20(15-22)16-27/h5-10,15H,3-4,11-14,16-18H2,1-2H3. The van der Waals surface area contributed by atoms with Gasteiger partial charge in [-0.05, 0) is 69.0 Å². The quantitative estimate of drug-likeness (QED) is 0.779. The molecule has 0 unspecified atom stereocenters. The zero-order valence-electron chi connectivity index (χ0n) is 17.6. The van der Waals surface area contributed by atoms with Crippen LogP contribution in [0.2, 0.25) is 0 Å². The summed E-state index contributed by atoms with van der Waals surface area (Å²) in [5.41, 5.74) is 3.09. The number of hydrogen-bond donors (Lipinski definition) is 0. The summed E-state index contributed by atoms with van der Waals surface area (Å²) < 4.78 is 6.08. The van der Waals surface area contributed by atoms with Crippen molar-refractivity contribution in [1.82, 2.24) is 14.8 Å². The minimum absolute atomic E-state index is 0.242. The summed E-state index contributed by atoms with van der Waals surface area (Å²) in [6.45, 7) is 6.00. The predicted octanol–water partition coefficient (Wildman–Crippen LogP) is 3.80. The molecule has 29 heavy (non-hydrogen) atoms. The predicted molar refractivity (Wildman–Crippen MR) is 114 cm³/mol. The van der Waals surface area contributed by atoms with Crippen molar-refractivity contribution in [3.63, 3.8) is 0 Å². The Morgan fingerprint density at radius 2 is 1.90 bits per heavy atom. The number of aromatic nitrogens is 1. The highest BCUT2D eigenvalue weighted by Gasteiger charge is 2.52. The van der Waals surface area contributed by atoms with Crippen LogP contribution in [0.25, 0.3) is 0 Å². The molecule has 2 bridgehead atoms. The Labute approximate surface area is 173 Å². The summed E-state index contributed by atoms with van der Waals surface area (Å²) in [5, 5.41) is 0. The molecular weight excluding hydrogens is 362 g/mol. The van der Waals surface area contributed by atoms with E-state index in [1.54, 1.807) is 0 Å². The molecule has 154 valence electrons. The first-order valence-electron chi connectivity index (χ1n) is 10.7. The van der Waals surface area contributed by atoms with Crippen LogP contribution in [-0.2, 0) is 17.9 Å². The van der Waals surface area contributed by atoms with Crippen LogP contribution in [0.5, 0.6) is 5.75 Å². The average Bonchev–Trinajstić information content (AvgIpc) is 3.50. The zero-order chi connectivity index (χ0) is 20.3. The van der Waals surface area contributed by atoms with E-state index in [9.17, 15) is 4.79 Å². The van der Waals surface area contributed by atoms with Gasteiger partial charge in [0, 0.05) is 32.4 Å². The normalized spacial score (nSPS) is 20.2. The summed E-state index contributed by atoms with van der Waals surface area (Å²) in [6.07, 6.45) is 3.95. The van der Waals surface area contributed by atoms with Gasteiger partial charge in [-0.15, -0.1) is 0 Å². The lowest BCUT2D eigenvalue weighted by Gasteiger charge is -2.26. The first kappa shape index (κ1) is 19.9. The molecule has 1 aliphatic carbocycles. The second-order valence-corrected chi connectivity index (χ2v) is 8.63. The van der Waals surface area contributed by atoms with Gasteiger partial charge in [-0.2, -0.15) is 0 Å². The molecule has 0 N–H and O–H groups in total. The van der Waals surface area contributed by atoms with Gasteiger partial charge in [-0.1, -0.05) is 18.2 Å². The summed E-state index contributed by atoms with van der Waals surface area (Å²) in [4.78, 5) is 21.9. The lowest BCUT2D eigenvalue weighted by molar-refractivity contribution is -0.136. The Bertz CT molecular complexity index is 863. The fourth-order valence-electron chi connectivity index (χ4n) is 4.11. The summed E-state index contributed by atoms with van der Waals surface area (Å²) in [7, 11) is 1.93. The van der Waals surface area contributed by atoms with E-state index in [0.717, 1.165) is 69.0 Å². The number of rotatable bonds is 2. The van der Waals surface area contributed by atoms with Crippen molar-refractivity contribution >= 4 is 5.91 Å². The van der Waals surface area contributed by atoms with Gasteiger partial charge in [0.1, 0.15) is 12.4 Å². The molecule has 1 amide bonds. The smallest absolute Gasteiger partial charge is 0.231 e. The summed E-state index contributed by atoms with van der Waals surface area (Å²) in [5.74, 6) is 1.10. The van der Waals surface area contributed by atoms with Gasteiger partial charge in [-0.25, -0.2) is 0 Å². The Morgan fingerprint density at radius 1 is 1.10 bits per heavy atom. The molecule has 5 nitrogen and oxygen atoms in total. The molecule has 2 aliphatic rings. The minimum Gasteiger partial charge on any atom is -0.492 e. The molecule has 0 radical (unpaired) electrons. The summed E-state index contributed by atoms with van der Waals surface area (Å²) >= 11 is 0. The molecule has 1 saturated carbocycles. The van der Waals surface area contributed by atoms with E-state index in [2.05, 4.69) is 34.1 Å². The van der Waals surface area contributed by atoms with Crippen LogP contribution in [0.15, 0.2) is 42.5 Å². The van der Waals surface area contributed by atoms with E-state index in [1.165, 1.54) is 5.56 Å². The Balaban J connectivity index is 1.53. The topological polar surface area (TPSA) is 45.7 Å². The number of carbonyl (C=O) groups excluding carboxylic acids is 1. The highest BCUT2D eigenvalue weighted by Crippen LogP contribution is 2.47. The van der Waals surface area contributed by atoms with Gasteiger partial charge in [0.2, 0.25) is 5.91 Å². The number of carbonyl (C=O) groups is 1. The van der Waals surface area contributed by atoms with Crippen molar-refractivity contribution in [3.8, 4) is 5.75 Å². The fraction of sp³-hybridized carbons (Fsp3) is 0.500. The van der Waals surface area contributed by atoms with Crippen LogP contribution < -0.4 is 4.74 Å². The fourth-order valence-corrected chi connectivity index (χ4v) is 4.11. The maximum absolute atomic E-state index is 12.9. The SMILES string of the molecule is Cc1cccc(CN2CCCCN(C)C(=O)C3(CC3)COc3cccc(c3)C2)n1. The molecule has 1 fully saturated rings. The second-order valence-electron chi connectivity index (χ2n) is 8.63. The molecular formula is C24H31N3O2. The van der Waals surface area contributed by atoms with E-state index in [-0.39, 0.29) is 11.3 Å². The largest absolute Gasteiger partial charge is 0.492 e. The molecule has 1 aromatic heterocycles. The lowest BCUT2D eigenvalue weighted by atomic mass is 10.1. The number of benzene rings is 1. The highest BCUT2D eigenvalue weighted by molar-refractivity contribution is 5.85. The van der Waals surface area contributed by atoms with Crippen LogP contribution >= 0.6 is 0 Å². The van der Waals surface area contributed by atoms with E-state index >= 15 is 0 Å². The first-order valence-corrected chi connectivity index (χ1v) is 10.7. The zero-order valence-corrected chi connectivity index (χ0v) is 17.6. The molecule has 4 rings (SSSR count). The Morgan fingerprint density at radius 3 is 2.69 bits per heavy atom. The van der Waals surface area contributed by atoms with Crippen molar-refractivity contribution in [2.24, 2.45) is 5.41 Å². The van der Waals surface area contributed by atoms with Crippen LogP contribution in [0, 0.1) is 12.3 Å². The number of hydrogen-bond acceptors (Lipinski definition) is 4. The maximum Gasteiger partial charge on any atom is 0.231 e. The van der Waals surface area contributed by atoms with Crippen LogP contribution in [0.3, 0.4) is 0 Å². The van der Waals surface area contributed by atoms with Crippen LogP contribution in [0.4, 0.5) is 0 Å². The molecule has 1 spiro atoms. The Hall–Kier alpha value is -2.40. The Kier molecular flexibility index (Phi) is 5.86. The highest BCUT2D eigenvalue weighted by atomic mass is 16.5. The van der Waals surface area contributed by atoms with Gasteiger partial charge in [0.15, 0.2) is 0 Å². The number of amides is 1. The minimum atomic E-state index is -0.294. The maximum atomic E-state index is 12.9. The molecule has 0 saturated heterocycles. The average molecular weight is 394 g/mol. The van der Waals surface area contributed by atoms with Crippen molar-refractivity contribution in [3.05, 3.63) is 59.4 Å². The van der Waals surface area contributed by atoms with Gasteiger partial charge in [0.05, 0.1) is 11.1 Å².